The number of aliphatic hydroxyl groups is 1. The van der Waals surface area contributed by atoms with E-state index < -0.39 is 33.8 Å². The van der Waals surface area contributed by atoms with Crippen LogP contribution in [0.2, 0.25) is 5.02 Å². The summed E-state index contributed by atoms with van der Waals surface area (Å²) in [4.78, 5) is 0. The molecule has 8 heteroatoms. The molecule has 24 heavy (non-hydrogen) atoms. The normalized spacial score (nSPS) is 15.0. The second-order valence-corrected chi connectivity index (χ2v) is 5.37. The molecular formula is C16H12ClF5O2. The van der Waals surface area contributed by atoms with Crippen molar-refractivity contribution >= 4 is 11.6 Å². The lowest BCUT2D eigenvalue weighted by Gasteiger charge is -2.38. The number of para-hydroxylation sites is 1. The average Bonchev–Trinajstić information content (AvgIpc) is 2.53. The van der Waals surface area contributed by atoms with Crippen LogP contribution in [0, 0.1) is 0 Å². The molecule has 1 N–H and O–H groups in total. The van der Waals surface area contributed by atoms with Gasteiger partial charge in [-0.25, -0.2) is 0 Å². The molecule has 0 aliphatic heterocycles. The summed E-state index contributed by atoms with van der Waals surface area (Å²) in [5.41, 5.74) is -5.29. The van der Waals surface area contributed by atoms with Crippen LogP contribution in [0.5, 0.6) is 5.75 Å². The van der Waals surface area contributed by atoms with Crippen LogP contribution in [0.15, 0.2) is 48.5 Å². The van der Waals surface area contributed by atoms with Crippen LogP contribution in [-0.2, 0) is 5.60 Å². The molecule has 0 aliphatic rings. The Hall–Kier alpha value is -1.86. The molecule has 0 amide bonds. The van der Waals surface area contributed by atoms with Crippen molar-refractivity contribution < 1.29 is 31.8 Å². The largest absolute Gasteiger partial charge is 0.496 e. The molecule has 0 aliphatic carbocycles. The SMILES string of the molecule is COc1ccccc1C(O)(c1ccccc1Cl)C(F)(F)C(F)(F)F. The molecule has 0 aromatic heterocycles. The van der Waals surface area contributed by atoms with E-state index >= 15 is 0 Å². The van der Waals surface area contributed by atoms with Crippen molar-refractivity contribution in [3.63, 3.8) is 0 Å². The van der Waals surface area contributed by atoms with Crippen LogP contribution in [0.25, 0.3) is 0 Å². The first kappa shape index (κ1) is 18.5. The summed E-state index contributed by atoms with van der Waals surface area (Å²) < 4.78 is 72.8. The van der Waals surface area contributed by atoms with Crippen molar-refractivity contribution in [2.24, 2.45) is 0 Å². The number of hydrogen-bond donors (Lipinski definition) is 1. The Bertz CT molecular complexity index is 732. The quantitative estimate of drug-likeness (QED) is 0.789. The van der Waals surface area contributed by atoms with Crippen molar-refractivity contribution in [2.75, 3.05) is 7.11 Å². The lowest BCUT2D eigenvalue weighted by atomic mass is 9.80. The van der Waals surface area contributed by atoms with E-state index in [1.165, 1.54) is 30.3 Å². The standard InChI is InChI=1S/C16H12ClF5O2/c1-24-13-9-5-3-7-11(13)14(23,15(18,19)16(20,21)22)10-6-2-4-8-12(10)17/h2-9,23H,1H3. The zero-order chi connectivity index (χ0) is 18.2. The first-order chi connectivity index (χ1) is 11.1. The molecule has 0 heterocycles. The van der Waals surface area contributed by atoms with Gasteiger partial charge in [-0.2, -0.15) is 22.0 Å². The van der Waals surface area contributed by atoms with Crippen LogP contribution in [0.1, 0.15) is 11.1 Å². The van der Waals surface area contributed by atoms with Gasteiger partial charge in [-0.3, -0.25) is 0 Å². The molecule has 2 nitrogen and oxygen atoms in total. The number of rotatable bonds is 4. The zero-order valence-corrected chi connectivity index (χ0v) is 13.0. The van der Waals surface area contributed by atoms with Crippen LogP contribution < -0.4 is 4.74 Å². The lowest BCUT2D eigenvalue weighted by Crippen LogP contribution is -2.55. The van der Waals surface area contributed by atoms with Crippen LogP contribution >= 0.6 is 11.6 Å². The fourth-order valence-electron chi connectivity index (χ4n) is 2.39. The number of alkyl halides is 5. The summed E-state index contributed by atoms with van der Waals surface area (Å²) in [6.07, 6.45) is -6.03. The van der Waals surface area contributed by atoms with E-state index in [1.54, 1.807) is 0 Å². The highest BCUT2D eigenvalue weighted by molar-refractivity contribution is 6.31. The maximum atomic E-state index is 14.4. The smallest absolute Gasteiger partial charge is 0.457 e. The van der Waals surface area contributed by atoms with Crippen molar-refractivity contribution in [3.05, 3.63) is 64.7 Å². The third-order valence-electron chi connectivity index (χ3n) is 3.57. The van der Waals surface area contributed by atoms with E-state index in [9.17, 15) is 27.1 Å². The van der Waals surface area contributed by atoms with Gasteiger partial charge in [0.25, 0.3) is 0 Å². The highest BCUT2D eigenvalue weighted by Crippen LogP contribution is 2.54. The fourth-order valence-corrected chi connectivity index (χ4v) is 2.66. The van der Waals surface area contributed by atoms with E-state index in [-0.39, 0.29) is 5.75 Å². The minimum Gasteiger partial charge on any atom is -0.496 e. The molecule has 0 bridgehead atoms. The van der Waals surface area contributed by atoms with Crippen molar-refractivity contribution in [1.82, 2.24) is 0 Å². The van der Waals surface area contributed by atoms with Crippen molar-refractivity contribution in [2.45, 2.75) is 17.7 Å². The zero-order valence-electron chi connectivity index (χ0n) is 12.2. The van der Waals surface area contributed by atoms with Gasteiger partial charge in [0.1, 0.15) is 5.75 Å². The Labute approximate surface area is 139 Å². The molecule has 0 saturated carbocycles. The molecule has 0 fully saturated rings. The van der Waals surface area contributed by atoms with E-state index in [4.69, 9.17) is 16.3 Å². The molecule has 2 aromatic carbocycles. The summed E-state index contributed by atoms with van der Waals surface area (Å²) in [5, 5.41) is 10.2. The van der Waals surface area contributed by atoms with Crippen LogP contribution in [0.3, 0.4) is 0 Å². The maximum absolute atomic E-state index is 14.4. The molecule has 0 radical (unpaired) electrons. The molecule has 2 rings (SSSR count). The molecule has 1 atom stereocenters. The molecule has 2 aromatic rings. The average molecular weight is 367 g/mol. The van der Waals surface area contributed by atoms with E-state index in [2.05, 4.69) is 0 Å². The predicted molar refractivity (Wildman–Crippen MR) is 78.4 cm³/mol. The Morgan fingerprint density at radius 1 is 0.875 bits per heavy atom. The van der Waals surface area contributed by atoms with Crippen LogP contribution in [-0.4, -0.2) is 24.3 Å². The van der Waals surface area contributed by atoms with Gasteiger partial charge in [-0.15, -0.1) is 0 Å². The van der Waals surface area contributed by atoms with Gasteiger partial charge in [0.15, 0.2) is 5.60 Å². The Kier molecular flexibility index (Phi) is 4.79. The number of benzene rings is 2. The molecule has 1 unspecified atom stereocenters. The summed E-state index contributed by atoms with van der Waals surface area (Å²) in [7, 11) is 1.09. The third-order valence-corrected chi connectivity index (χ3v) is 3.90. The molecular weight excluding hydrogens is 355 g/mol. The van der Waals surface area contributed by atoms with Gasteiger partial charge < -0.3 is 9.84 Å². The fraction of sp³-hybridized carbons (Fsp3) is 0.250. The third kappa shape index (κ3) is 2.71. The highest BCUT2D eigenvalue weighted by Gasteiger charge is 2.72. The van der Waals surface area contributed by atoms with E-state index in [0.29, 0.717) is 0 Å². The lowest BCUT2D eigenvalue weighted by molar-refractivity contribution is -0.336. The van der Waals surface area contributed by atoms with Crippen molar-refractivity contribution in [3.8, 4) is 5.75 Å². The maximum Gasteiger partial charge on any atom is 0.457 e. The number of halogens is 6. The second-order valence-electron chi connectivity index (χ2n) is 4.96. The summed E-state index contributed by atoms with van der Waals surface area (Å²) in [6, 6.07) is 9.27. The van der Waals surface area contributed by atoms with Gasteiger partial charge in [-0.05, 0) is 12.1 Å². The minimum atomic E-state index is -6.03. The Balaban J connectivity index is 2.89. The summed E-state index contributed by atoms with van der Waals surface area (Å²) in [5.74, 6) is -5.86. The van der Waals surface area contributed by atoms with Gasteiger partial charge in [0, 0.05) is 16.1 Å². The molecule has 0 spiro atoms. The number of methoxy groups -OCH3 is 1. The minimum absolute atomic E-state index is 0.330. The molecule has 130 valence electrons. The Morgan fingerprint density at radius 3 is 1.88 bits per heavy atom. The van der Waals surface area contributed by atoms with Gasteiger partial charge in [0.05, 0.1) is 7.11 Å². The van der Waals surface area contributed by atoms with Gasteiger partial charge in [-0.1, -0.05) is 48.0 Å². The van der Waals surface area contributed by atoms with E-state index in [1.807, 2.05) is 0 Å². The molecule has 0 saturated heterocycles. The number of hydrogen-bond acceptors (Lipinski definition) is 2. The van der Waals surface area contributed by atoms with Crippen molar-refractivity contribution in [1.29, 1.82) is 0 Å². The Morgan fingerprint density at radius 2 is 1.38 bits per heavy atom. The summed E-state index contributed by atoms with van der Waals surface area (Å²) in [6.45, 7) is 0. The van der Waals surface area contributed by atoms with Gasteiger partial charge >= 0.3 is 12.1 Å². The van der Waals surface area contributed by atoms with Crippen LogP contribution in [0.4, 0.5) is 22.0 Å². The number of ether oxygens (including phenoxy) is 1. The topological polar surface area (TPSA) is 29.5 Å². The highest BCUT2D eigenvalue weighted by atomic mass is 35.5. The second kappa shape index (κ2) is 6.22. The first-order valence-corrected chi connectivity index (χ1v) is 7.00. The predicted octanol–water partition coefficient (Wildman–Crippen LogP) is 4.78. The monoisotopic (exact) mass is 366 g/mol. The summed E-state index contributed by atoms with van der Waals surface area (Å²) >= 11 is 5.81. The van der Waals surface area contributed by atoms with E-state index in [0.717, 1.165) is 25.3 Å². The van der Waals surface area contributed by atoms with Gasteiger partial charge in [0.2, 0.25) is 0 Å². The first-order valence-electron chi connectivity index (χ1n) is 6.62.